The number of nitrogens with one attached hydrogen (secondary N) is 2. The number of aliphatic imine (C=N–C) groups is 1. The molecule has 0 aliphatic carbocycles. The van der Waals surface area contributed by atoms with Crippen molar-refractivity contribution in [1.82, 2.24) is 10.6 Å². The van der Waals surface area contributed by atoms with E-state index in [0.717, 1.165) is 77.7 Å². The SMILES string of the molecule is CCNC(=NCCCCOCC)NCCCCOCC.I. The first-order valence-electron chi connectivity index (χ1n) is 8.02. The Labute approximate surface area is 147 Å². The van der Waals surface area contributed by atoms with Gasteiger partial charge in [0, 0.05) is 46.1 Å². The molecule has 0 fully saturated rings. The Morgan fingerprint density at radius 2 is 1.48 bits per heavy atom. The van der Waals surface area contributed by atoms with Crippen LogP contribution in [0.2, 0.25) is 0 Å². The van der Waals surface area contributed by atoms with E-state index in [1.807, 2.05) is 13.8 Å². The zero-order valence-corrected chi connectivity index (χ0v) is 16.3. The highest BCUT2D eigenvalue weighted by molar-refractivity contribution is 14.0. The van der Waals surface area contributed by atoms with Gasteiger partial charge in [0.15, 0.2) is 5.96 Å². The molecule has 0 saturated carbocycles. The van der Waals surface area contributed by atoms with Crippen LogP contribution >= 0.6 is 24.0 Å². The summed E-state index contributed by atoms with van der Waals surface area (Å²) in [5, 5.41) is 6.61. The molecule has 0 radical (unpaired) electrons. The molecule has 21 heavy (non-hydrogen) atoms. The van der Waals surface area contributed by atoms with Crippen LogP contribution in [0.5, 0.6) is 0 Å². The van der Waals surface area contributed by atoms with Crippen LogP contribution in [0.15, 0.2) is 4.99 Å². The van der Waals surface area contributed by atoms with Crippen molar-refractivity contribution < 1.29 is 9.47 Å². The van der Waals surface area contributed by atoms with Crippen molar-refractivity contribution in [2.75, 3.05) is 46.1 Å². The van der Waals surface area contributed by atoms with Crippen LogP contribution in [0.25, 0.3) is 0 Å². The van der Waals surface area contributed by atoms with Crippen molar-refractivity contribution in [2.45, 2.75) is 46.5 Å². The van der Waals surface area contributed by atoms with E-state index in [1.54, 1.807) is 0 Å². The average Bonchev–Trinajstić information content (AvgIpc) is 2.46. The van der Waals surface area contributed by atoms with Crippen LogP contribution in [-0.2, 0) is 9.47 Å². The maximum absolute atomic E-state index is 5.31. The number of unbranched alkanes of at least 4 members (excludes halogenated alkanes) is 2. The minimum atomic E-state index is 0. The lowest BCUT2D eigenvalue weighted by molar-refractivity contribution is 0.143. The van der Waals surface area contributed by atoms with Crippen LogP contribution in [0.3, 0.4) is 0 Å². The standard InChI is InChI=1S/C15H33N3O2.HI/c1-4-16-15(17-11-7-9-13-19-5-2)18-12-8-10-14-20-6-3;/h4-14H2,1-3H3,(H2,16,17,18);1H. The predicted octanol–water partition coefficient (Wildman–Crippen LogP) is 2.79. The Morgan fingerprint density at radius 3 is 2.05 bits per heavy atom. The van der Waals surface area contributed by atoms with Gasteiger partial charge in [-0.15, -0.1) is 24.0 Å². The van der Waals surface area contributed by atoms with Crippen LogP contribution in [0, 0.1) is 0 Å². The normalized spacial score (nSPS) is 11.1. The average molecular weight is 415 g/mol. The first-order chi connectivity index (χ1) is 9.85. The second kappa shape index (κ2) is 19.9. The lowest BCUT2D eigenvalue weighted by Crippen LogP contribution is -2.38. The summed E-state index contributed by atoms with van der Waals surface area (Å²) in [4.78, 5) is 4.55. The number of halogens is 1. The molecule has 0 aromatic rings. The van der Waals surface area contributed by atoms with Crippen molar-refractivity contribution in [3.8, 4) is 0 Å². The van der Waals surface area contributed by atoms with E-state index < -0.39 is 0 Å². The van der Waals surface area contributed by atoms with E-state index in [0.29, 0.717) is 0 Å². The summed E-state index contributed by atoms with van der Waals surface area (Å²) in [7, 11) is 0. The minimum Gasteiger partial charge on any atom is -0.382 e. The van der Waals surface area contributed by atoms with Crippen molar-refractivity contribution >= 4 is 29.9 Å². The highest BCUT2D eigenvalue weighted by Crippen LogP contribution is 1.92. The summed E-state index contributed by atoms with van der Waals surface area (Å²) >= 11 is 0. The molecule has 0 rings (SSSR count). The molecule has 6 heteroatoms. The van der Waals surface area contributed by atoms with Gasteiger partial charge in [-0.25, -0.2) is 0 Å². The van der Waals surface area contributed by atoms with E-state index in [4.69, 9.17) is 9.47 Å². The van der Waals surface area contributed by atoms with Gasteiger partial charge in [0.05, 0.1) is 0 Å². The van der Waals surface area contributed by atoms with Crippen molar-refractivity contribution in [3.63, 3.8) is 0 Å². The maximum Gasteiger partial charge on any atom is 0.191 e. The molecule has 0 aliphatic heterocycles. The Hall–Kier alpha value is -0.0800. The molecular weight excluding hydrogens is 381 g/mol. The molecule has 0 amide bonds. The molecule has 128 valence electrons. The van der Waals surface area contributed by atoms with Gasteiger partial charge < -0.3 is 20.1 Å². The predicted molar refractivity (Wildman–Crippen MR) is 101 cm³/mol. The fourth-order valence-electron chi connectivity index (χ4n) is 1.67. The van der Waals surface area contributed by atoms with Gasteiger partial charge in [-0.05, 0) is 46.5 Å². The van der Waals surface area contributed by atoms with Gasteiger partial charge >= 0.3 is 0 Å². The Balaban J connectivity index is 0. The highest BCUT2D eigenvalue weighted by Gasteiger charge is 1.96. The quantitative estimate of drug-likeness (QED) is 0.210. The number of hydrogen-bond acceptors (Lipinski definition) is 3. The monoisotopic (exact) mass is 415 g/mol. The topological polar surface area (TPSA) is 54.9 Å². The molecule has 5 nitrogen and oxygen atoms in total. The van der Waals surface area contributed by atoms with Gasteiger partial charge in [0.25, 0.3) is 0 Å². The first-order valence-corrected chi connectivity index (χ1v) is 8.02. The lowest BCUT2D eigenvalue weighted by atomic mass is 10.3. The molecule has 0 aromatic heterocycles. The number of rotatable bonds is 13. The second-order valence-electron chi connectivity index (χ2n) is 4.50. The van der Waals surface area contributed by atoms with E-state index >= 15 is 0 Å². The zero-order chi connectivity index (χ0) is 14.9. The maximum atomic E-state index is 5.31. The van der Waals surface area contributed by atoms with E-state index in [2.05, 4.69) is 22.5 Å². The number of hydrogen-bond donors (Lipinski definition) is 2. The van der Waals surface area contributed by atoms with Crippen molar-refractivity contribution in [2.24, 2.45) is 4.99 Å². The van der Waals surface area contributed by atoms with E-state index in [-0.39, 0.29) is 24.0 Å². The van der Waals surface area contributed by atoms with E-state index in [1.165, 1.54) is 0 Å². The van der Waals surface area contributed by atoms with Gasteiger partial charge in [-0.2, -0.15) is 0 Å². The van der Waals surface area contributed by atoms with Crippen molar-refractivity contribution in [1.29, 1.82) is 0 Å². The van der Waals surface area contributed by atoms with Crippen molar-refractivity contribution in [3.05, 3.63) is 0 Å². The molecule has 0 spiro atoms. The van der Waals surface area contributed by atoms with Crippen LogP contribution in [0.1, 0.15) is 46.5 Å². The highest BCUT2D eigenvalue weighted by atomic mass is 127. The number of nitrogens with zero attached hydrogens (tertiary/aromatic N) is 1. The fourth-order valence-corrected chi connectivity index (χ4v) is 1.67. The van der Waals surface area contributed by atoms with E-state index in [9.17, 15) is 0 Å². The summed E-state index contributed by atoms with van der Waals surface area (Å²) in [6.07, 6.45) is 4.34. The summed E-state index contributed by atoms with van der Waals surface area (Å²) < 4.78 is 10.6. The summed E-state index contributed by atoms with van der Waals surface area (Å²) in [6, 6.07) is 0. The fraction of sp³-hybridized carbons (Fsp3) is 0.933. The van der Waals surface area contributed by atoms with Gasteiger partial charge in [-0.3, -0.25) is 4.99 Å². The van der Waals surface area contributed by atoms with Crippen LogP contribution in [-0.4, -0.2) is 52.0 Å². The summed E-state index contributed by atoms with van der Waals surface area (Å²) in [5.74, 6) is 0.917. The molecule has 0 heterocycles. The molecule has 0 aromatic carbocycles. The largest absolute Gasteiger partial charge is 0.382 e. The Bertz CT molecular complexity index is 229. The van der Waals surface area contributed by atoms with Crippen LogP contribution in [0.4, 0.5) is 0 Å². The molecule has 0 aliphatic rings. The molecular formula is C15H34IN3O2. The first kappa shape index (κ1) is 23.2. The lowest BCUT2D eigenvalue weighted by Gasteiger charge is -2.11. The van der Waals surface area contributed by atoms with Gasteiger partial charge in [0.2, 0.25) is 0 Å². The molecule has 0 atom stereocenters. The van der Waals surface area contributed by atoms with Crippen LogP contribution < -0.4 is 10.6 Å². The van der Waals surface area contributed by atoms with Gasteiger partial charge in [-0.1, -0.05) is 0 Å². The second-order valence-corrected chi connectivity index (χ2v) is 4.50. The third-order valence-electron chi connectivity index (χ3n) is 2.73. The summed E-state index contributed by atoms with van der Waals surface area (Å²) in [6.45, 7) is 12.1. The zero-order valence-electron chi connectivity index (χ0n) is 14.0. The third-order valence-corrected chi connectivity index (χ3v) is 2.73. The molecule has 0 bridgehead atoms. The molecule has 2 N–H and O–H groups in total. The number of guanidine groups is 1. The summed E-state index contributed by atoms with van der Waals surface area (Å²) in [5.41, 5.74) is 0. The Kier molecular flexibility index (Phi) is 22.0. The molecule has 0 saturated heterocycles. The third kappa shape index (κ3) is 17.9. The minimum absolute atomic E-state index is 0. The Morgan fingerprint density at radius 1 is 0.857 bits per heavy atom. The molecule has 0 unspecified atom stereocenters. The smallest absolute Gasteiger partial charge is 0.191 e. The van der Waals surface area contributed by atoms with Gasteiger partial charge in [0.1, 0.15) is 0 Å². The number of ether oxygens (including phenoxy) is 2.